The highest BCUT2D eigenvalue weighted by Gasteiger charge is 1.99. The summed E-state index contributed by atoms with van der Waals surface area (Å²) in [4.78, 5) is 0. The quantitative estimate of drug-likeness (QED) is 0.533. The lowest BCUT2D eigenvalue weighted by Crippen LogP contribution is -2.18. The van der Waals surface area contributed by atoms with Crippen molar-refractivity contribution in [3.05, 3.63) is 0 Å². The van der Waals surface area contributed by atoms with E-state index in [1.807, 2.05) is 0 Å². The van der Waals surface area contributed by atoms with Gasteiger partial charge in [-0.2, -0.15) is 0 Å². The third-order valence-corrected chi connectivity index (χ3v) is 2.69. The van der Waals surface area contributed by atoms with Crippen molar-refractivity contribution < 1.29 is 0 Å². The van der Waals surface area contributed by atoms with Crippen LogP contribution in [0.25, 0.3) is 0 Å². The smallest absolute Gasteiger partial charge is 0.00387 e. The number of hydrogen-bond donors (Lipinski definition) is 2. The minimum absolute atomic E-state index is 0.448. The topological polar surface area (TPSA) is 52.0 Å². The minimum Gasteiger partial charge on any atom is -0.330 e. The first kappa shape index (κ1) is 13.9. The van der Waals surface area contributed by atoms with Crippen molar-refractivity contribution in [2.75, 3.05) is 6.54 Å². The summed E-state index contributed by atoms with van der Waals surface area (Å²) < 4.78 is 0. The maximum Gasteiger partial charge on any atom is 0.00387 e. The lowest BCUT2D eigenvalue weighted by atomic mass is 10.0. The summed E-state index contributed by atoms with van der Waals surface area (Å²) in [6, 6.07) is 0.448. The highest BCUT2D eigenvalue weighted by molar-refractivity contribution is 4.60. The van der Waals surface area contributed by atoms with Gasteiger partial charge in [0.05, 0.1) is 0 Å². The van der Waals surface area contributed by atoms with Crippen LogP contribution in [0, 0.1) is 0 Å². The number of nitrogens with two attached hydrogens (primary N) is 2. The highest BCUT2D eigenvalue weighted by atomic mass is 14.6. The zero-order chi connectivity index (χ0) is 10.6. The first-order chi connectivity index (χ1) is 6.81. The molecule has 0 aromatic carbocycles. The van der Waals surface area contributed by atoms with Crippen LogP contribution in [-0.4, -0.2) is 12.6 Å². The molecule has 0 saturated carbocycles. The molecule has 2 nitrogen and oxygen atoms in total. The van der Waals surface area contributed by atoms with Crippen LogP contribution < -0.4 is 11.5 Å². The van der Waals surface area contributed by atoms with E-state index in [-0.39, 0.29) is 0 Å². The van der Waals surface area contributed by atoms with E-state index in [9.17, 15) is 0 Å². The molecule has 0 aliphatic carbocycles. The van der Waals surface area contributed by atoms with Crippen LogP contribution in [0.3, 0.4) is 0 Å². The van der Waals surface area contributed by atoms with Gasteiger partial charge >= 0.3 is 0 Å². The summed E-state index contributed by atoms with van der Waals surface area (Å²) in [5.41, 5.74) is 11.4. The van der Waals surface area contributed by atoms with E-state index in [4.69, 9.17) is 11.5 Å². The molecule has 0 saturated heterocycles. The fourth-order valence-electron chi connectivity index (χ4n) is 1.77. The molecule has 0 bridgehead atoms. The second-order valence-corrected chi connectivity index (χ2v) is 4.25. The highest BCUT2D eigenvalue weighted by Crippen LogP contribution is 2.09. The van der Waals surface area contributed by atoms with Crippen molar-refractivity contribution in [1.82, 2.24) is 0 Å². The third-order valence-electron chi connectivity index (χ3n) is 2.69. The number of hydrogen-bond acceptors (Lipinski definition) is 2. The van der Waals surface area contributed by atoms with Crippen molar-refractivity contribution in [1.29, 1.82) is 0 Å². The van der Waals surface area contributed by atoms with E-state index in [2.05, 4.69) is 6.92 Å². The van der Waals surface area contributed by atoms with E-state index >= 15 is 0 Å². The summed E-state index contributed by atoms with van der Waals surface area (Å²) in [5.74, 6) is 0. The molecule has 86 valence electrons. The average Bonchev–Trinajstić information content (AvgIpc) is 2.17. The van der Waals surface area contributed by atoms with Crippen molar-refractivity contribution in [2.24, 2.45) is 11.5 Å². The number of unbranched alkanes of at least 4 members (excludes halogenated alkanes) is 5. The van der Waals surface area contributed by atoms with Gasteiger partial charge in [0.2, 0.25) is 0 Å². The summed E-state index contributed by atoms with van der Waals surface area (Å²) in [6.45, 7) is 3.05. The first-order valence-corrected chi connectivity index (χ1v) is 6.27. The monoisotopic (exact) mass is 200 g/mol. The van der Waals surface area contributed by atoms with Crippen LogP contribution >= 0.6 is 0 Å². The molecular formula is C12H28N2. The molecule has 0 radical (unpaired) electrons. The molecule has 0 aromatic rings. The third kappa shape index (κ3) is 10.0. The molecule has 1 atom stereocenters. The van der Waals surface area contributed by atoms with Gasteiger partial charge < -0.3 is 11.5 Å². The van der Waals surface area contributed by atoms with Crippen molar-refractivity contribution in [3.8, 4) is 0 Å². The van der Waals surface area contributed by atoms with Gasteiger partial charge in [-0.15, -0.1) is 0 Å². The van der Waals surface area contributed by atoms with Crippen LogP contribution in [0.5, 0.6) is 0 Å². The minimum atomic E-state index is 0.448. The molecule has 0 rings (SSSR count). The molecule has 0 aromatic heterocycles. The Hall–Kier alpha value is -0.0800. The molecule has 0 aliphatic rings. The predicted octanol–water partition coefficient (Wildman–Crippen LogP) is 2.80. The molecular weight excluding hydrogens is 172 g/mol. The van der Waals surface area contributed by atoms with Crippen molar-refractivity contribution in [3.63, 3.8) is 0 Å². The van der Waals surface area contributed by atoms with Crippen LogP contribution in [0.2, 0.25) is 0 Å². The standard InChI is InChI=1S/C12H28N2/c1-2-9-12(14)10-7-5-3-4-6-8-11-13/h12H,2-11,13-14H2,1H3. The zero-order valence-corrected chi connectivity index (χ0v) is 9.80. The van der Waals surface area contributed by atoms with Crippen LogP contribution in [-0.2, 0) is 0 Å². The summed E-state index contributed by atoms with van der Waals surface area (Å²) in [5, 5.41) is 0. The van der Waals surface area contributed by atoms with Crippen molar-refractivity contribution >= 4 is 0 Å². The van der Waals surface area contributed by atoms with E-state index in [0.29, 0.717) is 6.04 Å². The van der Waals surface area contributed by atoms with Crippen LogP contribution in [0.1, 0.15) is 64.7 Å². The second-order valence-electron chi connectivity index (χ2n) is 4.25. The van der Waals surface area contributed by atoms with Gasteiger partial charge in [-0.3, -0.25) is 0 Å². The van der Waals surface area contributed by atoms with Gasteiger partial charge in [0.1, 0.15) is 0 Å². The zero-order valence-electron chi connectivity index (χ0n) is 9.80. The van der Waals surface area contributed by atoms with Gasteiger partial charge in [-0.25, -0.2) is 0 Å². The molecule has 2 heteroatoms. The Kier molecular flexibility index (Phi) is 10.9. The van der Waals surface area contributed by atoms with Gasteiger partial charge in [0.25, 0.3) is 0 Å². The summed E-state index contributed by atoms with van der Waals surface area (Å²) in [7, 11) is 0. The fraction of sp³-hybridized carbons (Fsp3) is 1.00. The Morgan fingerprint density at radius 1 is 0.857 bits per heavy atom. The van der Waals surface area contributed by atoms with Crippen molar-refractivity contribution in [2.45, 2.75) is 70.8 Å². The Morgan fingerprint density at radius 3 is 2.00 bits per heavy atom. The molecule has 1 unspecified atom stereocenters. The van der Waals surface area contributed by atoms with Gasteiger partial charge in [0, 0.05) is 6.04 Å². The Labute approximate surface area is 89.4 Å². The first-order valence-electron chi connectivity index (χ1n) is 6.27. The van der Waals surface area contributed by atoms with E-state index in [1.54, 1.807) is 0 Å². The summed E-state index contributed by atoms with van der Waals surface area (Å²) >= 11 is 0. The molecule has 0 spiro atoms. The molecule has 0 fully saturated rings. The maximum absolute atomic E-state index is 5.93. The predicted molar refractivity (Wildman–Crippen MR) is 64.3 cm³/mol. The second kappa shape index (κ2) is 11.0. The molecule has 0 heterocycles. The van der Waals surface area contributed by atoms with Crippen LogP contribution in [0.4, 0.5) is 0 Å². The lowest BCUT2D eigenvalue weighted by molar-refractivity contribution is 0.507. The summed E-state index contributed by atoms with van der Waals surface area (Å²) in [6.07, 6.45) is 11.5. The van der Waals surface area contributed by atoms with E-state index < -0.39 is 0 Å². The van der Waals surface area contributed by atoms with Gasteiger partial charge in [0.15, 0.2) is 0 Å². The Balaban J connectivity index is 2.98. The molecule has 0 amide bonds. The van der Waals surface area contributed by atoms with E-state index in [0.717, 1.165) is 6.54 Å². The van der Waals surface area contributed by atoms with Gasteiger partial charge in [-0.1, -0.05) is 45.4 Å². The van der Waals surface area contributed by atoms with Crippen LogP contribution in [0.15, 0.2) is 0 Å². The maximum atomic E-state index is 5.93. The molecule has 14 heavy (non-hydrogen) atoms. The fourth-order valence-corrected chi connectivity index (χ4v) is 1.77. The Morgan fingerprint density at radius 2 is 1.43 bits per heavy atom. The normalized spacial score (nSPS) is 13.1. The van der Waals surface area contributed by atoms with E-state index in [1.165, 1.54) is 57.8 Å². The largest absolute Gasteiger partial charge is 0.330 e. The number of rotatable bonds is 10. The lowest BCUT2D eigenvalue weighted by Gasteiger charge is -2.09. The molecule has 4 N–H and O–H groups in total. The van der Waals surface area contributed by atoms with Gasteiger partial charge in [-0.05, 0) is 25.8 Å². The average molecular weight is 200 g/mol. The molecule has 0 aliphatic heterocycles. The SMILES string of the molecule is CCCC(N)CCCCCCCCN. The Bertz CT molecular complexity index is 104.